The maximum absolute atomic E-state index is 12.6. The average Bonchev–Trinajstić information content (AvgIpc) is 2.69. The molecule has 1 aromatic rings. The lowest BCUT2D eigenvalue weighted by atomic mass is 9.78. The fourth-order valence-corrected chi connectivity index (χ4v) is 3.78. The van der Waals surface area contributed by atoms with Crippen molar-refractivity contribution in [2.75, 3.05) is 20.8 Å². The van der Waals surface area contributed by atoms with Crippen LogP contribution in [-0.4, -0.2) is 61.1 Å². The third-order valence-corrected chi connectivity index (χ3v) is 5.54. The van der Waals surface area contributed by atoms with E-state index >= 15 is 0 Å². The van der Waals surface area contributed by atoms with Crippen LogP contribution in [0, 0.1) is 17.8 Å². The number of hydrogen-bond donors (Lipinski definition) is 2. The van der Waals surface area contributed by atoms with E-state index in [4.69, 9.17) is 18.9 Å². The first-order valence-corrected chi connectivity index (χ1v) is 9.56. The SMILES string of the molecule is COC[C@H](C)C1O[C@](O)([C@H](C)C(=O)OCc2ccccc2)[C@H](OC)[C@@H](O)[C@@H]1C. The number of aliphatic hydroxyl groups is 2. The summed E-state index contributed by atoms with van der Waals surface area (Å²) in [5.74, 6) is -4.15. The van der Waals surface area contributed by atoms with Crippen LogP contribution in [0.1, 0.15) is 26.3 Å². The predicted octanol–water partition coefficient (Wildman–Crippen LogP) is 1.75. The van der Waals surface area contributed by atoms with Crippen molar-refractivity contribution in [3.8, 4) is 0 Å². The van der Waals surface area contributed by atoms with Crippen molar-refractivity contribution in [3.63, 3.8) is 0 Å². The minimum Gasteiger partial charge on any atom is -0.460 e. The van der Waals surface area contributed by atoms with Gasteiger partial charge in [0.1, 0.15) is 18.6 Å². The molecule has 0 radical (unpaired) electrons. The highest BCUT2D eigenvalue weighted by Gasteiger charge is 2.58. The first kappa shape index (κ1) is 22.8. The van der Waals surface area contributed by atoms with Gasteiger partial charge in [-0.05, 0) is 12.5 Å². The van der Waals surface area contributed by atoms with Gasteiger partial charge >= 0.3 is 5.97 Å². The molecule has 7 heteroatoms. The van der Waals surface area contributed by atoms with Crippen molar-refractivity contribution in [1.82, 2.24) is 0 Å². The Kier molecular flexibility index (Phi) is 7.97. The number of methoxy groups -OCH3 is 2. The molecule has 28 heavy (non-hydrogen) atoms. The number of rotatable bonds is 8. The quantitative estimate of drug-likeness (QED) is 0.647. The molecule has 0 aliphatic carbocycles. The monoisotopic (exact) mass is 396 g/mol. The lowest BCUT2D eigenvalue weighted by Gasteiger charge is -2.51. The highest BCUT2D eigenvalue weighted by atomic mass is 16.7. The van der Waals surface area contributed by atoms with Crippen LogP contribution in [0.15, 0.2) is 30.3 Å². The van der Waals surface area contributed by atoms with Gasteiger partial charge in [-0.2, -0.15) is 0 Å². The van der Waals surface area contributed by atoms with Crippen molar-refractivity contribution >= 4 is 5.97 Å². The summed E-state index contributed by atoms with van der Waals surface area (Å²) < 4.78 is 21.9. The van der Waals surface area contributed by atoms with Gasteiger partial charge in [0.2, 0.25) is 5.79 Å². The third-order valence-electron chi connectivity index (χ3n) is 5.54. The molecule has 7 atom stereocenters. The molecule has 0 amide bonds. The van der Waals surface area contributed by atoms with Crippen molar-refractivity contribution in [2.45, 2.75) is 51.5 Å². The second kappa shape index (κ2) is 9.80. The molecule has 1 saturated heterocycles. The van der Waals surface area contributed by atoms with E-state index in [1.807, 2.05) is 44.2 Å². The van der Waals surface area contributed by atoms with Crippen molar-refractivity contribution in [2.24, 2.45) is 17.8 Å². The Morgan fingerprint density at radius 2 is 1.89 bits per heavy atom. The zero-order chi connectivity index (χ0) is 20.9. The maximum Gasteiger partial charge on any atom is 0.314 e. The zero-order valence-electron chi connectivity index (χ0n) is 17.2. The molecule has 0 aromatic heterocycles. The molecular formula is C21H32O7. The molecule has 7 nitrogen and oxygen atoms in total. The maximum atomic E-state index is 12.6. The molecule has 1 unspecified atom stereocenters. The molecule has 2 rings (SSSR count). The summed E-state index contributed by atoms with van der Waals surface area (Å²) in [4.78, 5) is 12.6. The fraction of sp³-hybridized carbons (Fsp3) is 0.667. The summed E-state index contributed by atoms with van der Waals surface area (Å²) in [7, 11) is 2.95. The van der Waals surface area contributed by atoms with Crippen LogP contribution in [0.4, 0.5) is 0 Å². The molecule has 2 N–H and O–H groups in total. The Balaban J connectivity index is 2.18. The second-order valence-corrected chi connectivity index (χ2v) is 7.59. The van der Waals surface area contributed by atoms with Crippen LogP contribution in [-0.2, 0) is 30.3 Å². The molecular weight excluding hydrogens is 364 g/mol. The highest BCUT2D eigenvalue weighted by molar-refractivity contribution is 5.73. The average molecular weight is 396 g/mol. The van der Waals surface area contributed by atoms with Crippen LogP contribution in [0.5, 0.6) is 0 Å². The van der Waals surface area contributed by atoms with Gasteiger partial charge in [0.15, 0.2) is 0 Å². The molecule has 1 aliphatic heterocycles. The number of ether oxygens (including phenoxy) is 4. The van der Waals surface area contributed by atoms with Crippen molar-refractivity contribution < 1.29 is 34.0 Å². The van der Waals surface area contributed by atoms with Gasteiger partial charge in [-0.3, -0.25) is 4.79 Å². The van der Waals surface area contributed by atoms with E-state index in [2.05, 4.69) is 0 Å². The Morgan fingerprint density at radius 3 is 2.46 bits per heavy atom. The summed E-state index contributed by atoms with van der Waals surface area (Å²) in [5, 5.41) is 22.0. The molecule has 0 saturated carbocycles. The zero-order valence-corrected chi connectivity index (χ0v) is 17.2. The van der Waals surface area contributed by atoms with Crippen LogP contribution in [0.3, 0.4) is 0 Å². The van der Waals surface area contributed by atoms with Crippen LogP contribution >= 0.6 is 0 Å². The van der Waals surface area contributed by atoms with Gasteiger partial charge in [0, 0.05) is 26.1 Å². The van der Waals surface area contributed by atoms with E-state index in [0.717, 1.165) is 5.56 Å². The van der Waals surface area contributed by atoms with E-state index in [9.17, 15) is 15.0 Å². The Bertz CT molecular complexity index is 622. The molecule has 158 valence electrons. The molecule has 0 bridgehead atoms. The van der Waals surface area contributed by atoms with Gasteiger partial charge in [0.05, 0.1) is 18.8 Å². The van der Waals surface area contributed by atoms with E-state index in [1.165, 1.54) is 14.0 Å². The summed E-state index contributed by atoms with van der Waals surface area (Å²) >= 11 is 0. The number of aliphatic hydroxyl groups excluding tert-OH is 1. The predicted molar refractivity (Wildman–Crippen MR) is 102 cm³/mol. The van der Waals surface area contributed by atoms with E-state index in [1.54, 1.807) is 7.11 Å². The molecule has 1 aliphatic rings. The number of benzene rings is 1. The molecule has 1 fully saturated rings. The first-order chi connectivity index (χ1) is 13.3. The van der Waals surface area contributed by atoms with Crippen molar-refractivity contribution in [3.05, 3.63) is 35.9 Å². The lowest BCUT2D eigenvalue weighted by molar-refractivity contribution is -0.362. The second-order valence-electron chi connectivity index (χ2n) is 7.59. The van der Waals surface area contributed by atoms with Gasteiger partial charge in [-0.25, -0.2) is 0 Å². The third kappa shape index (κ3) is 4.72. The summed E-state index contributed by atoms with van der Waals surface area (Å²) in [6, 6.07) is 9.26. The van der Waals surface area contributed by atoms with Crippen LogP contribution in [0.25, 0.3) is 0 Å². The molecule has 1 heterocycles. The number of esters is 1. The number of carbonyl (C=O) groups is 1. The van der Waals surface area contributed by atoms with Crippen LogP contribution in [0.2, 0.25) is 0 Å². The van der Waals surface area contributed by atoms with Crippen molar-refractivity contribution in [1.29, 1.82) is 0 Å². The minimum atomic E-state index is -2.03. The van der Waals surface area contributed by atoms with Gasteiger partial charge in [-0.1, -0.05) is 44.2 Å². The van der Waals surface area contributed by atoms with Crippen LogP contribution < -0.4 is 0 Å². The van der Waals surface area contributed by atoms with E-state index in [0.29, 0.717) is 6.61 Å². The standard InChI is InChI=1S/C21H32O7/c1-13(11-25-4)18-14(2)17(22)19(26-5)21(24,28-18)15(3)20(23)27-12-16-9-7-6-8-10-16/h6-10,13-15,17-19,22,24H,11-12H2,1-5H3/t13-,14-,15+,17-,18?,19+,21+/m0/s1. The summed E-state index contributed by atoms with van der Waals surface area (Å²) in [5.41, 5.74) is 0.836. The Hall–Kier alpha value is -1.51. The number of hydrogen-bond acceptors (Lipinski definition) is 7. The van der Waals surface area contributed by atoms with E-state index < -0.39 is 36.0 Å². The van der Waals surface area contributed by atoms with Gasteiger partial charge in [0.25, 0.3) is 0 Å². The summed E-state index contributed by atoms with van der Waals surface area (Å²) in [6.45, 7) is 5.72. The highest BCUT2D eigenvalue weighted by Crippen LogP contribution is 2.40. The molecule has 0 spiro atoms. The Labute approximate surface area is 166 Å². The summed E-state index contributed by atoms with van der Waals surface area (Å²) in [6.07, 6.45) is -2.62. The lowest BCUT2D eigenvalue weighted by Crippen LogP contribution is -2.67. The minimum absolute atomic E-state index is 0.0835. The Morgan fingerprint density at radius 1 is 1.25 bits per heavy atom. The number of carbonyl (C=O) groups excluding carboxylic acids is 1. The first-order valence-electron chi connectivity index (χ1n) is 9.56. The van der Waals surface area contributed by atoms with E-state index in [-0.39, 0.29) is 18.4 Å². The fourth-order valence-electron chi connectivity index (χ4n) is 3.78. The van der Waals surface area contributed by atoms with Gasteiger partial charge in [-0.15, -0.1) is 0 Å². The molecule has 1 aromatic carbocycles. The largest absolute Gasteiger partial charge is 0.460 e. The topological polar surface area (TPSA) is 94.5 Å². The normalized spacial score (nSPS) is 32.5. The van der Waals surface area contributed by atoms with Gasteiger partial charge < -0.3 is 29.2 Å². The smallest absolute Gasteiger partial charge is 0.314 e.